The van der Waals surface area contributed by atoms with Gasteiger partial charge in [0.1, 0.15) is 0 Å². The maximum atomic E-state index is 11.7. The second-order valence-corrected chi connectivity index (χ2v) is 6.43. The highest BCUT2D eigenvalue weighted by Gasteiger charge is 2.49. The van der Waals surface area contributed by atoms with E-state index in [-0.39, 0.29) is 11.9 Å². The average Bonchev–Trinajstić information content (AvgIpc) is 2.38. The molecule has 0 N–H and O–H groups in total. The predicted molar refractivity (Wildman–Crippen MR) is 70.1 cm³/mol. The molecule has 0 aromatic heterocycles. The van der Waals surface area contributed by atoms with Gasteiger partial charge in [0.15, 0.2) is 0 Å². The van der Waals surface area contributed by atoms with Crippen molar-refractivity contribution in [1.82, 2.24) is 0 Å². The minimum absolute atomic E-state index is 0.0243. The number of esters is 1. The van der Waals surface area contributed by atoms with Crippen molar-refractivity contribution >= 4 is 5.97 Å². The van der Waals surface area contributed by atoms with Crippen molar-refractivity contribution in [3.05, 3.63) is 0 Å². The van der Waals surface area contributed by atoms with Gasteiger partial charge in [0.05, 0.1) is 19.1 Å². The monoisotopic (exact) mass is 254 g/mol. The van der Waals surface area contributed by atoms with Crippen molar-refractivity contribution < 1.29 is 14.3 Å². The molecule has 3 nitrogen and oxygen atoms in total. The van der Waals surface area contributed by atoms with Crippen LogP contribution in [0, 0.1) is 23.2 Å². The number of fused-ring (bicyclic) bond motifs is 1. The number of methoxy groups -OCH3 is 2. The van der Waals surface area contributed by atoms with E-state index in [1.807, 2.05) is 7.11 Å². The van der Waals surface area contributed by atoms with Crippen LogP contribution in [0.4, 0.5) is 0 Å². The van der Waals surface area contributed by atoms with Crippen molar-refractivity contribution in [2.24, 2.45) is 23.2 Å². The van der Waals surface area contributed by atoms with Crippen molar-refractivity contribution in [3.63, 3.8) is 0 Å². The summed E-state index contributed by atoms with van der Waals surface area (Å²) >= 11 is 0. The van der Waals surface area contributed by atoms with Crippen molar-refractivity contribution in [2.45, 2.75) is 52.1 Å². The molecule has 0 aliphatic heterocycles. The quantitative estimate of drug-likeness (QED) is 0.711. The molecule has 0 aromatic carbocycles. The SMILES string of the molecule is COC(=O)[C@@H]1CC[C@@]2(C)CCC(OC)[C@@H](C)[C@@H]2C1. The Kier molecular flexibility index (Phi) is 4.00. The largest absolute Gasteiger partial charge is 0.469 e. The topological polar surface area (TPSA) is 35.5 Å². The van der Waals surface area contributed by atoms with Crippen molar-refractivity contribution in [3.8, 4) is 0 Å². The van der Waals surface area contributed by atoms with E-state index in [2.05, 4.69) is 13.8 Å². The van der Waals surface area contributed by atoms with Gasteiger partial charge in [0, 0.05) is 7.11 Å². The molecule has 104 valence electrons. The number of carbonyl (C=O) groups is 1. The summed E-state index contributed by atoms with van der Waals surface area (Å²) in [6, 6.07) is 0. The third-order valence-corrected chi connectivity index (χ3v) is 5.56. The third kappa shape index (κ3) is 2.29. The first-order valence-corrected chi connectivity index (χ1v) is 7.12. The Morgan fingerprint density at radius 3 is 2.50 bits per heavy atom. The molecule has 2 aliphatic carbocycles. The van der Waals surface area contributed by atoms with Crippen LogP contribution in [-0.4, -0.2) is 26.3 Å². The lowest BCUT2D eigenvalue weighted by Gasteiger charge is -2.52. The van der Waals surface area contributed by atoms with Gasteiger partial charge in [-0.3, -0.25) is 4.79 Å². The number of rotatable bonds is 2. The smallest absolute Gasteiger partial charge is 0.308 e. The van der Waals surface area contributed by atoms with E-state index in [9.17, 15) is 4.79 Å². The summed E-state index contributed by atoms with van der Waals surface area (Å²) in [6.07, 6.45) is 5.87. The lowest BCUT2D eigenvalue weighted by Crippen LogP contribution is -2.47. The van der Waals surface area contributed by atoms with E-state index in [0.29, 0.717) is 23.4 Å². The molecular weight excluding hydrogens is 228 g/mol. The fourth-order valence-corrected chi connectivity index (χ4v) is 4.27. The summed E-state index contributed by atoms with van der Waals surface area (Å²) in [5, 5.41) is 0. The minimum atomic E-state index is -0.0243. The number of hydrogen-bond donors (Lipinski definition) is 0. The summed E-state index contributed by atoms with van der Waals surface area (Å²) in [5.74, 6) is 1.21. The second-order valence-electron chi connectivity index (χ2n) is 6.43. The van der Waals surface area contributed by atoms with Gasteiger partial charge in [-0.2, -0.15) is 0 Å². The molecule has 2 aliphatic rings. The molecule has 1 unspecified atom stereocenters. The average molecular weight is 254 g/mol. The van der Waals surface area contributed by atoms with Crippen LogP contribution < -0.4 is 0 Å². The number of hydrogen-bond acceptors (Lipinski definition) is 3. The van der Waals surface area contributed by atoms with Gasteiger partial charge >= 0.3 is 5.97 Å². The van der Waals surface area contributed by atoms with E-state index in [0.717, 1.165) is 25.7 Å². The van der Waals surface area contributed by atoms with Crippen LogP contribution >= 0.6 is 0 Å². The van der Waals surface area contributed by atoms with E-state index >= 15 is 0 Å². The normalized spacial score (nSPS) is 44.2. The molecule has 2 rings (SSSR count). The number of carbonyl (C=O) groups excluding carboxylic acids is 1. The summed E-state index contributed by atoms with van der Waals surface area (Å²) in [6.45, 7) is 4.68. The van der Waals surface area contributed by atoms with Crippen LogP contribution in [-0.2, 0) is 14.3 Å². The Morgan fingerprint density at radius 1 is 1.22 bits per heavy atom. The third-order valence-electron chi connectivity index (χ3n) is 5.56. The lowest BCUT2D eigenvalue weighted by molar-refractivity contribution is -0.152. The highest BCUT2D eigenvalue weighted by molar-refractivity contribution is 5.72. The zero-order chi connectivity index (χ0) is 13.3. The first-order chi connectivity index (χ1) is 8.51. The summed E-state index contributed by atoms with van der Waals surface area (Å²) in [7, 11) is 3.31. The van der Waals surface area contributed by atoms with Crippen LogP contribution in [0.25, 0.3) is 0 Å². The molecule has 0 radical (unpaired) electrons. The molecule has 2 fully saturated rings. The highest BCUT2D eigenvalue weighted by atomic mass is 16.5. The van der Waals surface area contributed by atoms with Gasteiger partial charge in [0.2, 0.25) is 0 Å². The predicted octanol–water partition coefficient (Wildman–Crippen LogP) is 3.03. The molecule has 5 atom stereocenters. The van der Waals surface area contributed by atoms with Crippen molar-refractivity contribution in [2.75, 3.05) is 14.2 Å². The Labute approximate surface area is 110 Å². The summed E-state index contributed by atoms with van der Waals surface area (Å²) in [4.78, 5) is 11.7. The molecule has 18 heavy (non-hydrogen) atoms. The first-order valence-electron chi connectivity index (χ1n) is 7.12. The van der Waals surface area contributed by atoms with Crippen LogP contribution in [0.5, 0.6) is 0 Å². The summed E-state index contributed by atoms with van der Waals surface area (Å²) < 4.78 is 10.5. The molecule has 2 saturated carbocycles. The molecule has 0 amide bonds. The maximum absolute atomic E-state index is 11.7. The van der Waals surface area contributed by atoms with Crippen LogP contribution in [0.15, 0.2) is 0 Å². The van der Waals surface area contributed by atoms with Gasteiger partial charge in [0.25, 0.3) is 0 Å². The highest BCUT2D eigenvalue weighted by Crippen LogP contribution is 2.54. The molecule has 0 aromatic rings. The Balaban J connectivity index is 2.12. The molecule has 0 saturated heterocycles. The van der Waals surface area contributed by atoms with E-state index in [1.165, 1.54) is 13.5 Å². The van der Waals surface area contributed by atoms with Crippen LogP contribution in [0.3, 0.4) is 0 Å². The molecular formula is C15H26O3. The fraction of sp³-hybridized carbons (Fsp3) is 0.933. The molecule has 0 heterocycles. The van der Waals surface area contributed by atoms with Gasteiger partial charge in [-0.05, 0) is 49.4 Å². The Bertz CT molecular complexity index is 315. The molecule has 0 spiro atoms. The van der Waals surface area contributed by atoms with E-state index < -0.39 is 0 Å². The Hall–Kier alpha value is -0.570. The zero-order valence-corrected chi connectivity index (χ0v) is 12.1. The molecule has 0 bridgehead atoms. The van der Waals surface area contributed by atoms with Gasteiger partial charge in [-0.25, -0.2) is 0 Å². The van der Waals surface area contributed by atoms with Crippen LogP contribution in [0.2, 0.25) is 0 Å². The van der Waals surface area contributed by atoms with E-state index in [4.69, 9.17) is 9.47 Å². The van der Waals surface area contributed by atoms with Crippen LogP contribution in [0.1, 0.15) is 46.0 Å². The maximum Gasteiger partial charge on any atom is 0.308 e. The fourth-order valence-electron chi connectivity index (χ4n) is 4.27. The minimum Gasteiger partial charge on any atom is -0.469 e. The van der Waals surface area contributed by atoms with E-state index in [1.54, 1.807) is 0 Å². The standard InChI is InChI=1S/C15H26O3/c1-10-12-9-11(14(16)18-4)5-7-15(12,2)8-6-13(10)17-3/h10-13H,5-9H2,1-4H3/t10-,11+,12-,13?,15-/m0/s1. The van der Waals surface area contributed by atoms with Crippen molar-refractivity contribution in [1.29, 1.82) is 0 Å². The summed E-state index contributed by atoms with van der Waals surface area (Å²) in [5.41, 5.74) is 0.402. The molecule has 3 heteroatoms. The second kappa shape index (κ2) is 5.20. The van der Waals surface area contributed by atoms with Gasteiger partial charge in [-0.1, -0.05) is 13.8 Å². The Morgan fingerprint density at radius 2 is 1.89 bits per heavy atom. The lowest BCUT2D eigenvalue weighted by atomic mass is 9.54. The zero-order valence-electron chi connectivity index (χ0n) is 12.1. The number of ether oxygens (including phenoxy) is 2. The van der Waals surface area contributed by atoms with Gasteiger partial charge < -0.3 is 9.47 Å². The van der Waals surface area contributed by atoms with Gasteiger partial charge in [-0.15, -0.1) is 0 Å². The first kappa shape index (κ1) is 13.9.